The molecule has 0 saturated carbocycles. The summed E-state index contributed by atoms with van der Waals surface area (Å²) in [5.41, 5.74) is 0.756. The Kier molecular flexibility index (Phi) is 3.04. The fourth-order valence-corrected chi connectivity index (χ4v) is 2.15. The van der Waals surface area contributed by atoms with Crippen LogP contribution >= 0.6 is 22.9 Å². The molecule has 2 rings (SSSR count). The molecule has 0 aliphatic heterocycles. The number of rotatable bonds is 2. The number of aromatic nitrogens is 2. The summed E-state index contributed by atoms with van der Waals surface area (Å²) in [4.78, 5) is 2.31. The van der Waals surface area contributed by atoms with Gasteiger partial charge in [-0.05, 0) is 24.3 Å². The van der Waals surface area contributed by atoms with E-state index in [0.29, 0.717) is 5.82 Å². The van der Waals surface area contributed by atoms with E-state index in [-0.39, 0.29) is 0 Å². The largest absolute Gasteiger partial charge is 0.265 e. The van der Waals surface area contributed by atoms with Crippen molar-refractivity contribution in [1.29, 1.82) is 5.26 Å². The van der Waals surface area contributed by atoms with Crippen molar-refractivity contribution >= 4 is 28.8 Å². The first-order valence-corrected chi connectivity index (χ1v) is 5.63. The highest BCUT2D eigenvalue weighted by Gasteiger charge is 2.06. The number of halogens is 1. The molecule has 0 aliphatic rings. The van der Waals surface area contributed by atoms with Crippen LogP contribution in [0.5, 0.6) is 0 Å². The Bertz CT molecular complexity index is 528. The molecule has 2 heterocycles. The van der Waals surface area contributed by atoms with Crippen molar-refractivity contribution in [2.75, 3.05) is 11.9 Å². The van der Waals surface area contributed by atoms with E-state index >= 15 is 0 Å². The number of hydrogen-bond acceptors (Lipinski definition) is 5. The maximum absolute atomic E-state index is 8.67. The van der Waals surface area contributed by atoms with Crippen molar-refractivity contribution in [3.63, 3.8) is 0 Å². The molecular weight excluding hydrogens is 244 g/mol. The second-order valence-electron chi connectivity index (χ2n) is 3.04. The van der Waals surface area contributed by atoms with E-state index in [0.717, 1.165) is 14.9 Å². The lowest BCUT2D eigenvalue weighted by Gasteiger charge is -2.05. The normalized spacial score (nSPS) is 9.81. The van der Waals surface area contributed by atoms with Gasteiger partial charge < -0.3 is 0 Å². The number of hydrogen-bond donors (Lipinski definition) is 0. The number of nitrogens with zero attached hydrogens (tertiary/aromatic N) is 4. The Morgan fingerprint density at radius 2 is 2.12 bits per heavy atom. The Morgan fingerprint density at radius 1 is 1.31 bits per heavy atom. The van der Waals surface area contributed by atoms with Crippen LogP contribution in [0.1, 0.15) is 0 Å². The average Bonchev–Trinajstić information content (AvgIpc) is 2.75. The molecule has 0 N–H and O–H groups in total. The van der Waals surface area contributed by atoms with Crippen LogP contribution in [-0.4, -0.2) is 17.2 Å². The first-order chi connectivity index (χ1) is 7.70. The van der Waals surface area contributed by atoms with Crippen molar-refractivity contribution in [2.24, 2.45) is 0 Å². The van der Waals surface area contributed by atoms with Crippen molar-refractivity contribution in [1.82, 2.24) is 10.2 Å². The zero-order valence-corrected chi connectivity index (χ0v) is 9.96. The highest BCUT2D eigenvalue weighted by atomic mass is 35.5. The minimum absolute atomic E-state index is 0.522. The summed E-state index contributed by atoms with van der Waals surface area (Å²) < 4.78 is 0.718. The zero-order chi connectivity index (χ0) is 11.5. The fourth-order valence-electron chi connectivity index (χ4n) is 1.14. The van der Waals surface area contributed by atoms with Gasteiger partial charge in [-0.3, -0.25) is 4.90 Å². The molecule has 80 valence electrons. The molecule has 0 spiro atoms. The molecule has 0 unspecified atom stereocenters. The molecule has 0 saturated heterocycles. The van der Waals surface area contributed by atoms with Crippen molar-refractivity contribution in [3.8, 4) is 16.8 Å². The smallest absolute Gasteiger partial charge is 0.185 e. The van der Waals surface area contributed by atoms with E-state index in [1.165, 1.54) is 16.2 Å². The zero-order valence-electron chi connectivity index (χ0n) is 8.38. The summed E-state index contributed by atoms with van der Waals surface area (Å²) in [6, 6.07) is 7.28. The van der Waals surface area contributed by atoms with Gasteiger partial charge in [-0.25, -0.2) is 0 Å². The summed E-state index contributed by atoms with van der Waals surface area (Å²) in [5, 5.41) is 16.7. The van der Waals surface area contributed by atoms with Crippen LogP contribution in [0.3, 0.4) is 0 Å². The molecule has 0 bridgehead atoms. The van der Waals surface area contributed by atoms with Crippen LogP contribution in [0.2, 0.25) is 4.34 Å². The van der Waals surface area contributed by atoms with E-state index in [1.54, 1.807) is 13.1 Å². The second kappa shape index (κ2) is 4.47. The van der Waals surface area contributed by atoms with Gasteiger partial charge in [0.2, 0.25) is 0 Å². The monoisotopic (exact) mass is 250 g/mol. The van der Waals surface area contributed by atoms with Crippen LogP contribution in [-0.2, 0) is 0 Å². The maximum atomic E-state index is 8.67. The predicted molar refractivity (Wildman–Crippen MR) is 64.4 cm³/mol. The highest BCUT2D eigenvalue weighted by Crippen LogP contribution is 2.29. The van der Waals surface area contributed by atoms with Gasteiger partial charge in [0.25, 0.3) is 0 Å². The summed E-state index contributed by atoms with van der Waals surface area (Å²) in [7, 11) is 1.63. The van der Waals surface area contributed by atoms with E-state index in [9.17, 15) is 0 Å². The molecule has 2 aromatic heterocycles. The number of anilines is 1. The first-order valence-electron chi connectivity index (χ1n) is 4.43. The summed E-state index contributed by atoms with van der Waals surface area (Å²) in [5.74, 6) is 0.522. The Balaban J connectivity index is 2.30. The summed E-state index contributed by atoms with van der Waals surface area (Å²) in [6.45, 7) is 0. The van der Waals surface area contributed by atoms with Gasteiger partial charge >= 0.3 is 0 Å². The van der Waals surface area contributed by atoms with E-state index in [1.807, 2.05) is 24.4 Å². The van der Waals surface area contributed by atoms with Gasteiger partial charge in [-0.15, -0.1) is 21.5 Å². The molecule has 0 aromatic carbocycles. The van der Waals surface area contributed by atoms with Gasteiger partial charge in [0.05, 0.1) is 9.21 Å². The summed E-state index contributed by atoms with van der Waals surface area (Å²) >= 11 is 7.28. The van der Waals surface area contributed by atoms with E-state index in [4.69, 9.17) is 16.9 Å². The molecule has 0 amide bonds. The lowest BCUT2D eigenvalue weighted by atomic mass is 10.3. The Morgan fingerprint density at radius 3 is 2.62 bits per heavy atom. The minimum atomic E-state index is 0.522. The van der Waals surface area contributed by atoms with Gasteiger partial charge in [-0.2, -0.15) is 5.26 Å². The third-order valence-electron chi connectivity index (χ3n) is 1.97. The van der Waals surface area contributed by atoms with Gasteiger partial charge in [0.15, 0.2) is 12.0 Å². The Hall–Kier alpha value is -1.64. The maximum Gasteiger partial charge on any atom is 0.185 e. The SMILES string of the molecule is CN(C#N)c1ccc(-c2ccc(Cl)s2)nn1. The predicted octanol–water partition coefficient (Wildman–Crippen LogP) is 2.78. The third-order valence-corrected chi connectivity index (χ3v) is 3.22. The van der Waals surface area contributed by atoms with Crippen molar-refractivity contribution in [3.05, 3.63) is 28.6 Å². The molecule has 0 radical (unpaired) electrons. The minimum Gasteiger partial charge on any atom is -0.265 e. The Labute approximate surface area is 102 Å². The fraction of sp³-hybridized carbons (Fsp3) is 0.100. The number of nitriles is 1. The topological polar surface area (TPSA) is 52.8 Å². The van der Waals surface area contributed by atoms with E-state index in [2.05, 4.69) is 10.2 Å². The molecule has 2 aromatic rings. The van der Waals surface area contributed by atoms with Gasteiger partial charge in [0, 0.05) is 7.05 Å². The second-order valence-corrected chi connectivity index (χ2v) is 4.75. The summed E-state index contributed by atoms with van der Waals surface area (Å²) in [6.07, 6.45) is 1.96. The van der Waals surface area contributed by atoms with Crippen LogP contribution in [0.15, 0.2) is 24.3 Å². The quantitative estimate of drug-likeness (QED) is 0.608. The lowest BCUT2D eigenvalue weighted by Crippen LogP contribution is -2.10. The molecule has 0 atom stereocenters. The van der Waals surface area contributed by atoms with Crippen molar-refractivity contribution in [2.45, 2.75) is 0 Å². The molecule has 6 heteroatoms. The first kappa shape index (κ1) is 10.9. The van der Waals surface area contributed by atoms with Crippen molar-refractivity contribution < 1.29 is 0 Å². The van der Waals surface area contributed by atoms with Gasteiger partial charge in [0.1, 0.15) is 5.69 Å². The van der Waals surface area contributed by atoms with Crippen LogP contribution in [0, 0.1) is 11.5 Å². The third kappa shape index (κ3) is 2.13. The lowest BCUT2D eigenvalue weighted by molar-refractivity contribution is 0.996. The highest BCUT2D eigenvalue weighted by molar-refractivity contribution is 7.19. The van der Waals surface area contributed by atoms with E-state index < -0.39 is 0 Å². The molecule has 4 nitrogen and oxygen atoms in total. The van der Waals surface area contributed by atoms with Crippen LogP contribution < -0.4 is 4.90 Å². The molecule has 16 heavy (non-hydrogen) atoms. The standard InChI is InChI=1S/C10H7ClN4S/c1-15(6-12)10-5-2-7(13-14-10)8-3-4-9(11)16-8/h2-5H,1H3. The van der Waals surface area contributed by atoms with Crippen LogP contribution in [0.25, 0.3) is 10.6 Å². The molecular formula is C10H7ClN4S. The van der Waals surface area contributed by atoms with Gasteiger partial charge in [-0.1, -0.05) is 11.6 Å². The number of thiophene rings is 1. The molecule has 0 aliphatic carbocycles. The average molecular weight is 251 g/mol. The van der Waals surface area contributed by atoms with Crippen LogP contribution in [0.4, 0.5) is 5.82 Å². The molecule has 0 fully saturated rings.